The van der Waals surface area contributed by atoms with Crippen LogP contribution in [0.25, 0.3) is 10.9 Å². The highest BCUT2D eigenvalue weighted by molar-refractivity contribution is 5.76. The first kappa shape index (κ1) is 14.3. The maximum atomic E-state index is 12.4. The van der Waals surface area contributed by atoms with Crippen LogP contribution in [0.3, 0.4) is 0 Å². The lowest BCUT2D eigenvalue weighted by Gasteiger charge is -2.12. The molecule has 0 aliphatic carbocycles. The van der Waals surface area contributed by atoms with E-state index in [0.29, 0.717) is 17.3 Å². The van der Waals surface area contributed by atoms with E-state index in [0.717, 1.165) is 10.1 Å². The van der Waals surface area contributed by atoms with E-state index in [9.17, 15) is 14.7 Å². The molecule has 5 heteroatoms. The Hall–Kier alpha value is -2.66. The normalized spacial score (nSPS) is 12.4. The number of aliphatic hydroxyl groups excluding tert-OH is 1. The van der Waals surface area contributed by atoms with Crippen LogP contribution < -0.4 is 11.2 Å². The molecule has 0 saturated heterocycles. The monoisotopic (exact) mass is 296 g/mol. The summed E-state index contributed by atoms with van der Waals surface area (Å²) >= 11 is 0. The highest BCUT2D eigenvalue weighted by Crippen LogP contribution is 2.06. The molecule has 0 saturated carbocycles. The summed E-state index contributed by atoms with van der Waals surface area (Å²) in [6.07, 6.45) is -0.415. The number of nitrogens with zero attached hydrogens (tertiary/aromatic N) is 1. The van der Waals surface area contributed by atoms with Gasteiger partial charge in [0.15, 0.2) is 0 Å². The molecule has 2 N–H and O–H groups in total. The molecule has 2 aromatic carbocycles. The zero-order valence-electron chi connectivity index (χ0n) is 11.9. The first-order chi connectivity index (χ1) is 10.6. The van der Waals surface area contributed by atoms with Crippen LogP contribution in [0.15, 0.2) is 64.2 Å². The number of aromatic amines is 1. The lowest BCUT2D eigenvalue weighted by atomic mass is 10.1. The van der Waals surface area contributed by atoms with Crippen molar-refractivity contribution in [1.29, 1.82) is 0 Å². The van der Waals surface area contributed by atoms with Crippen molar-refractivity contribution in [2.45, 2.75) is 19.1 Å². The van der Waals surface area contributed by atoms with Crippen LogP contribution >= 0.6 is 0 Å². The lowest BCUT2D eigenvalue weighted by Crippen LogP contribution is -2.38. The number of hydrogen-bond acceptors (Lipinski definition) is 3. The van der Waals surface area contributed by atoms with Gasteiger partial charge in [-0.15, -0.1) is 0 Å². The van der Waals surface area contributed by atoms with Gasteiger partial charge in [-0.2, -0.15) is 0 Å². The Morgan fingerprint density at radius 1 is 1.00 bits per heavy atom. The molecule has 0 amide bonds. The summed E-state index contributed by atoms with van der Waals surface area (Å²) in [5.74, 6) is 0. The van der Waals surface area contributed by atoms with Gasteiger partial charge in [-0.3, -0.25) is 9.36 Å². The van der Waals surface area contributed by atoms with Crippen molar-refractivity contribution in [3.63, 3.8) is 0 Å². The molecule has 1 unspecified atom stereocenters. The van der Waals surface area contributed by atoms with Gasteiger partial charge in [-0.25, -0.2) is 4.79 Å². The topological polar surface area (TPSA) is 75.1 Å². The molecular formula is C17H16N2O3. The van der Waals surface area contributed by atoms with Gasteiger partial charge >= 0.3 is 5.69 Å². The second-order valence-corrected chi connectivity index (χ2v) is 5.24. The molecule has 1 atom stereocenters. The Bertz CT molecular complexity index is 897. The summed E-state index contributed by atoms with van der Waals surface area (Å²) in [5, 5.41) is 10.6. The molecule has 5 nitrogen and oxygen atoms in total. The molecule has 0 radical (unpaired) electrons. The van der Waals surface area contributed by atoms with Crippen LogP contribution in [-0.4, -0.2) is 20.8 Å². The average Bonchev–Trinajstić information content (AvgIpc) is 2.52. The third-order valence-electron chi connectivity index (χ3n) is 3.60. The molecule has 0 aliphatic heterocycles. The molecule has 0 spiro atoms. The number of benzene rings is 2. The number of rotatable bonds is 4. The largest absolute Gasteiger partial charge is 0.391 e. The van der Waals surface area contributed by atoms with E-state index in [4.69, 9.17) is 0 Å². The highest BCUT2D eigenvalue weighted by atomic mass is 16.3. The number of aromatic nitrogens is 2. The minimum Gasteiger partial charge on any atom is -0.391 e. The van der Waals surface area contributed by atoms with Gasteiger partial charge in [0.2, 0.25) is 0 Å². The summed E-state index contributed by atoms with van der Waals surface area (Å²) in [6.45, 7) is -0.0338. The van der Waals surface area contributed by atoms with Gasteiger partial charge in [0.1, 0.15) is 0 Å². The third kappa shape index (κ3) is 2.84. The predicted octanol–water partition coefficient (Wildman–Crippen LogP) is 1.29. The van der Waals surface area contributed by atoms with Gasteiger partial charge in [-0.05, 0) is 17.7 Å². The SMILES string of the molecule is O=c1[nH]c2ccccc2c(=O)n1CC(O)Cc1ccccc1. The van der Waals surface area contributed by atoms with E-state index >= 15 is 0 Å². The maximum absolute atomic E-state index is 12.4. The molecule has 0 fully saturated rings. The fraction of sp³-hybridized carbons (Fsp3) is 0.176. The van der Waals surface area contributed by atoms with Crippen molar-refractivity contribution in [3.8, 4) is 0 Å². The summed E-state index contributed by atoms with van der Waals surface area (Å²) < 4.78 is 1.05. The molecule has 3 rings (SSSR count). The van der Waals surface area contributed by atoms with E-state index < -0.39 is 11.8 Å². The Morgan fingerprint density at radius 3 is 2.45 bits per heavy atom. The minimum absolute atomic E-state index is 0.0338. The quantitative estimate of drug-likeness (QED) is 0.762. The first-order valence-corrected chi connectivity index (χ1v) is 7.09. The van der Waals surface area contributed by atoms with Crippen molar-refractivity contribution < 1.29 is 5.11 Å². The zero-order valence-corrected chi connectivity index (χ0v) is 11.9. The smallest absolute Gasteiger partial charge is 0.328 e. The number of fused-ring (bicyclic) bond motifs is 1. The maximum Gasteiger partial charge on any atom is 0.328 e. The van der Waals surface area contributed by atoms with Crippen LogP contribution in [0.4, 0.5) is 0 Å². The van der Waals surface area contributed by atoms with Crippen molar-refractivity contribution >= 4 is 10.9 Å². The van der Waals surface area contributed by atoms with Crippen LogP contribution in [0.2, 0.25) is 0 Å². The number of aliphatic hydroxyl groups is 1. The van der Waals surface area contributed by atoms with Crippen LogP contribution in [0, 0.1) is 0 Å². The molecule has 3 aromatic rings. The molecule has 0 bridgehead atoms. The Morgan fingerprint density at radius 2 is 1.68 bits per heavy atom. The molecule has 1 aromatic heterocycles. The van der Waals surface area contributed by atoms with Gasteiger partial charge in [0.25, 0.3) is 5.56 Å². The second-order valence-electron chi connectivity index (χ2n) is 5.24. The van der Waals surface area contributed by atoms with Crippen LogP contribution in [0.1, 0.15) is 5.56 Å². The number of nitrogens with one attached hydrogen (secondary N) is 1. The summed E-state index contributed by atoms with van der Waals surface area (Å²) in [7, 11) is 0. The van der Waals surface area contributed by atoms with E-state index in [1.54, 1.807) is 24.3 Å². The Labute approximate surface area is 126 Å². The van der Waals surface area contributed by atoms with E-state index in [2.05, 4.69) is 4.98 Å². The zero-order chi connectivity index (χ0) is 15.5. The second kappa shape index (κ2) is 5.99. The third-order valence-corrected chi connectivity index (χ3v) is 3.60. The van der Waals surface area contributed by atoms with Gasteiger partial charge in [0.05, 0.1) is 23.6 Å². The van der Waals surface area contributed by atoms with Crippen LogP contribution in [-0.2, 0) is 13.0 Å². The fourth-order valence-electron chi connectivity index (χ4n) is 2.53. The number of H-pyrrole nitrogens is 1. The van der Waals surface area contributed by atoms with E-state index in [-0.39, 0.29) is 12.1 Å². The average molecular weight is 296 g/mol. The first-order valence-electron chi connectivity index (χ1n) is 7.09. The molecule has 112 valence electrons. The van der Waals surface area contributed by atoms with Crippen molar-refractivity contribution in [1.82, 2.24) is 9.55 Å². The van der Waals surface area contributed by atoms with Gasteiger partial charge in [-0.1, -0.05) is 42.5 Å². The van der Waals surface area contributed by atoms with Gasteiger partial charge < -0.3 is 10.1 Å². The Balaban J connectivity index is 1.91. The van der Waals surface area contributed by atoms with Crippen molar-refractivity contribution in [2.75, 3.05) is 0 Å². The fourth-order valence-corrected chi connectivity index (χ4v) is 2.53. The standard InChI is InChI=1S/C17H16N2O3/c20-13(10-12-6-2-1-3-7-12)11-19-16(21)14-8-4-5-9-15(14)18-17(19)22/h1-9,13,20H,10-11H2,(H,18,22). The van der Waals surface area contributed by atoms with Crippen LogP contribution in [0.5, 0.6) is 0 Å². The molecule has 1 heterocycles. The van der Waals surface area contributed by atoms with Crippen molar-refractivity contribution in [2.24, 2.45) is 0 Å². The summed E-state index contributed by atoms with van der Waals surface area (Å²) in [6, 6.07) is 16.3. The van der Waals surface area contributed by atoms with Gasteiger partial charge in [0, 0.05) is 6.42 Å². The summed E-state index contributed by atoms with van der Waals surface area (Å²) in [5.41, 5.74) is 0.578. The van der Waals surface area contributed by atoms with E-state index in [1.807, 2.05) is 30.3 Å². The highest BCUT2D eigenvalue weighted by Gasteiger charge is 2.12. The van der Waals surface area contributed by atoms with E-state index in [1.165, 1.54) is 0 Å². The molecule has 0 aliphatic rings. The number of hydrogen-bond donors (Lipinski definition) is 2. The predicted molar refractivity (Wildman–Crippen MR) is 85.0 cm³/mol. The number of para-hydroxylation sites is 1. The molecule has 22 heavy (non-hydrogen) atoms. The lowest BCUT2D eigenvalue weighted by molar-refractivity contribution is 0.151. The Kier molecular flexibility index (Phi) is 3.89. The minimum atomic E-state index is -0.803. The van der Waals surface area contributed by atoms with Crippen molar-refractivity contribution in [3.05, 3.63) is 81.0 Å². The summed E-state index contributed by atoms with van der Waals surface area (Å²) in [4.78, 5) is 27.1. The molecular weight excluding hydrogens is 280 g/mol.